The zero-order valence-electron chi connectivity index (χ0n) is 21.3. The highest BCUT2D eigenvalue weighted by Gasteiger charge is 2.35. The van der Waals surface area contributed by atoms with Crippen LogP contribution in [0.4, 0.5) is 4.39 Å². The van der Waals surface area contributed by atoms with E-state index in [9.17, 15) is 19.2 Å². The van der Waals surface area contributed by atoms with Crippen molar-refractivity contribution in [2.45, 2.75) is 13.5 Å². The number of hydrogen-bond donors (Lipinski definition) is 0. The molecule has 1 aromatic heterocycles. The van der Waals surface area contributed by atoms with Gasteiger partial charge in [0.05, 0.1) is 25.0 Å². The van der Waals surface area contributed by atoms with Gasteiger partial charge in [0.1, 0.15) is 23.2 Å². The smallest absolute Gasteiger partial charge is 0.271 e. The van der Waals surface area contributed by atoms with Crippen molar-refractivity contribution < 1.29 is 18.7 Å². The second kappa shape index (κ2) is 10.6. The Kier molecular flexibility index (Phi) is 6.89. The first-order valence-electron chi connectivity index (χ1n) is 12.1. The summed E-state index contributed by atoms with van der Waals surface area (Å²) in [4.78, 5) is 27.8. The molecular formula is C31H23FN4O3. The van der Waals surface area contributed by atoms with Crippen LogP contribution in [-0.4, -0.2) is 33.6 Å². The molecule has 39 heavy (non-hydrogen) atoms. The fourth-order valence-corrected chi connectivity index (χ4v) is 4.38. The molecule has 0 fully saturated rings. The molecule has 0 unspecified atom stereocenters. The average Bonchev–Trinajstić information content (AvgIpc) is 3.39. The van der Waals surface area contributed by atoms with E-state index in [1.807, 2.05) is 60.7 Å². The molecule has 1 aliphatic rings. The molecule has 0 radical (unpaired) electrons. The summed E-state index contributed by atoms with van der Waals surface area (Å²) in [6.07, 6.45) is 3.46. The lowest BCUT2D eigenvalue weighted by molar-refractivity contribution is -0.141. The second-order valence-electron chi connectivity index (χ2n) is 8.93. The topological polar surface area (TPSA) is 88.2 Å². The Balaban J connectivity index is 1.63. The van der Waals surface area contributed by atoms with Gasteiger partial charge in [-0.15, -0.1) is 0 Å². The van der Waals surface area contributed by atoms with Crippen LogP contribution in [0, 0.1) is 17.1 Å². The van der Waals surface area contributed by atoms with Crippen molar-refractivity contribution in [1.29, 1.82) is 5.26 Å². The van der Waals surface area contributed by atoms with Crippen molar-refractivity contribution in [3.8, 4) is 28.8 Å². The summed E-state index contributed by atoms with van der Waals surface area (Å²) < 4.78 is 20.4. The van der Waals surface area contributed by atoms with Crippen LogP contribution >= 0.6 is 0 Å². The van der Waals surface area contributed by atoms with Gasteiger partial charge >= 0.3 is 0 Å². The highest BCUT2D eigenvalue weighted by molar-refractivity contribution is 6.19. The number of methoxy groups -OCH3 is 1. The molecule has 192 valence electrons. The van der Waals surface area contributed by atoms with Crippen LogP contribution in [0.5, 0.6) is 5.75 Å². The summed E-state index contributed by atoms with van der Waals surface area (Å²) >= 11 is 0. The minimum atomic E-state index is -0.683. The van der Waals surface area contributed by atoms with E-state index in [-0.39, 0.29) is 23.3 Å². The van der Waals surface area contributed by atoms with E-state index in [0.29, 0.717) is 22.6 Å². The minimum absolute atomic E-state index is 0.0949. The van der Waals surface area contributed by atoms with Crippen molar-refractivity contribution in [1.82, 2.24) is 14.7 Å². The molecule has 0 bridgehead atoms. The van der Waals surface area contributed by atoms with Crippen LogP contribution in [-0.2, 0) is 16.1 Å². The lowest BCUT2D eigenvalue weighted by Gasteiger charge is -2.27. The molecule has 7 nitrogen and oxygen atoms in total. The Hall–Kier alpha value is -5.29. The fraction of sp³-hybridized carbons (Fsp3) is 0.0968. The van der Waals surface area contributed by atoms with Gasteiger partial charge in [0.25, 0.3) is 11.8 Å². The lowest BCUT2D eigenvalue weighted by atomic mass is 9.93. The molecule has 8 heteroatoms. The summed E-state index contributed by atoms with van der Waals surface area (Å²) in [6, 6.07) is 24.4. The minimum Gasteiger partial charge on any atom is -0.497 e. The molecule has 4 aromatic rings. The number of para-hydroxylation sites is 1. The number of imide groups is 1. The Morgan fingerprint density at radius 1 is 0.974 bits per heavy atom. The molecule has 0 atom stereocenters. The lowest BCUT2D eigenvalue weighted by Crippen LogP contribution is -2.42. The Labute approximate surface area is 224 Å². The van der Waals surface area contributed by atoms with E-state index in [1.54, 1.807) is 31.0 Å². The van der Waals surface area contributed by atoms with Crippen LogP contribution in [0.25, 0.3) is 23.0 Å². The fourth-order valence-electron chi connectivity index (χ4n) is 4.38. The van der Waals surface area contributed by atoms with Crippen LogP contribution in [0.2, 0.25) is 0 Å². The van der Waals surface area contributed by atoms with E-state index < -0.39 is 17.6 Å². The number of halogens is 1. The number of ether oxygens (including phenoxy) is 1. The second-order valence-corrected chi connectivity index (χ2v) is 8.93. The number of benzene rings is 3. The summed E-state index contributed by atoms with van der Waals surface area (Å²) in [6.45, 7) is 1.49. The molecule has 1 aliphatic heterocycles. The number of carbonyl (C=O) groups excluding carboxylic acids is 2. The molecular weight excluding hydrogens is 495 g/mol. The SMILES string of the molecule is COc1ccc(-c2nn(-c3ccccc3)cc2/C=C2/C(=O)N(Cc3ccc(F)cc3)C(=O)C(C#N)=C2C)cc1. The van der Waals surface area contributed by atoms with E-state index >= 15 is 0 Å². The predicted octanol–water partition coefficient (Wildman–Crippen LogP) is 5.48. The molecule has 0 aliphatic carbocycles. The Morgan fingerprint density at radius 3 is 2.31 bits per heavy atom. The van der Waals surface area contributed by atoms with Gasteiger partial charge in [0.2, 0.25) is 0 Å². The summed E-state index contributed by atoms with van der Waals surface area (Å²) in [5, 5.41) is 14.6. The van der Waals surface area contributed by atoms with Gasteiger partial charge in [-0.2, -0.15) is 10.4 Å². The van der Waals surface area contributed by atoms with Gasteiger partial charge in [0, 0.05) is 22.9 Å². The first kappa shape index (κ1) is 25.4. The first-order chi connectivity index (χ1) is 18.9. The zero-order valence-corrected chi connectivity index (χ0v) is 21.3. The number of rotatable bonds is 6. The van der Waals surface area contributed by atoms with Crippen molar-refractivity contribution >= 4 is 17.9 Å². The molecule has 0 saturated carbocycles. The average molecular weight is 519 g/mol. The van der Waals surface area contributed by atoms with Crippen molar-refractivity contribution in [2.24, 2.45) is 0 Å². The maximum atomic E-state index is 13.7. The van der Waals surface area contributed by atoms with Crippen molar-refractivity contribution in [3.63, 3.8) is 0 Å². The van der Waals surface area contributed by atoms with E-state index in [2.05, 4.69) is 0 Å². The van der Waals surface area contributed by atoms with E-state index in [0.717, 1.165) is 16.2 Å². The van der Waals surface area contributed by atoms with E-state index in [4.69, 9.17) is 9.84 Å². The molecule has 5 rings (SSSR count). The molecule has 0 spiro atoms. The maximum Gasteiger partial charge on any atom is 0.271 e. The zero-order chi connectivity index (χ0) is 27.5. The number of hydrogen-bond acceptors (Lipinski definition) is 5. The van der Waals surface area contributed by atoms with Gasteiger partial charge in [0.15, 0.2) is 0 Å². The maximum absolute atomic E-state index is 13.7. The van der Waals surface area contributed by atoms with Crippen molar-refractivity contribution in [2.75, 3.05) is 7.11 Å². The molecule has 0 saturated heterocycles. The van der Waals surface area contributed by atoms with Crippen LogP contribution in [0.3, 0.4) is 0 Å². The largest absolute Gasteiger partial charge is 0.497 e. The van der Waals surface area contributed by atoms with Crippen LogP contribution in [0.15, 0.2) is 102 Å². The summed E-state index contributed by atoms with van der Waals surface area (Å²) in [5.41, 5.74) is 3.78. The molecule has 0 N–H and O–H groups in total. The van der Waals surface area contributed by atoms with E-state index in [1.165, 1.54) is 24.3 Å². The van der Waals surface area contributed by atoms with Gasteiger partial charge in [-0.3, -0.25) is 14.5 Å². The standard InChI is InChI=1S/C31H23FN4O3/c1-20-27(30(37)35(31(38)28(20)17-33)18-21-8-12-24(32)13-9-21)16-23-19-36(25-6-4-3-5-7-25)34-29(23)22-10-14-26(39-2)15-11-22/h3-16,19H,18H2,1-2H3/b27-16+. The number of amides is 2. The molecule has 3 aromatic carbocycles. The first-order valence-corrected chi connectivity index (χ1v) is 12.1. The van der Waals surface area contributed by atoms with Gasteiger partial charge < -0.3 is 4.74 Å². The molecule has 2 amide bonds. The van der Waals surface area contributed by atoms with Crippen molar-refractivity contribution in [3.05, 3.63) is 119 Å². The number of nitrogens with zero attached hydrogens (tertiary/aromatic N) is 4. The highest BCUT2D eigenvalue weighted by atomic mass is 19.1. The Bertz CT molecular complexity index is 1660. The third-order valence-electron chi connectivity index (χ3n) is 6.51. The third-order valence-corrected chi connectivity index (χ3v) is 6.51. The van der Waals surface area contributed by atoms with Gasteiger partial charge in [-0.05, 0) is 72.7 Å². The normalized spacial score (nSPS) is 14.6. The third kappa shape index (κ3) is 4.98. The quantitative estimate of drug-likeness (QED) is 0.249. The van der Waals surface area contributed by atoms with Crippen LogP contribution < -0.4 is 4.74 Å². The van der Waals surface area contributed by atoms with Crippen LogP contribution in [0.1, 0.15) is 18.1 Å². The number of nitriles is 1. The number of aromatic nitrogens is 2. The number of carbonyl (C=O) groups is 2. The molecule has 2 heterocycles. The summed E-state index contributed by atoms with van der Waals surface area (Å²) in [7, 11) is 1.59. The highest BCUT2D eigenvalue weighted by Crippen LogP contribution is 2.32. The summed E-state index contributed by atoms with van der Waals surface area (Å²) in [5.74, 6) is -0.965. The van der Waals surface area contributed by atoms with Gasteiger partial charge in [-0.25, -0.2) is 9.07 Å². The van der Waals surface area contributed by atoms with Gasteiger partial charge in [-0.1, -0.05) is 30.3 Å². The Morgan fingerprint density at radius 2 is 1.67 bits per heavy atom. The monoisotopic (exact) mass is 518 g/mol. The predicted molar refractivity (Wildman–Crippen MR) is 144 cm³/mol.